The minimum atomic E-state index is -0.981. The Morgan fingerprint density at radius 1 is 1.63 bits per heavy atom. The largest absolute Gasteiger partial charge is 0.381 e. The van der Waals surface area contributed by atoms with Gasteiger partial charge >= 0.3 is 0 Å². The van der Waals surface area contributed by atoms with Crippen molar-refractivity contribution in [2.75, 3.05) is 13.2 Å². The van der Waals surface area contributed by atoms with E-state index in [0.717, 1.165) is 0 Å². The van der Waals surface area contributed by atoms with Crippen molar-refractivity contribution >= 4 is 5.91 Å². The maximum Gasteiger partial charge on any atom is 0.241 e. The van der Waals surface area contributed by atoms with Gasteiger partial charge in [0, 0.05) is 20.3 Å². The van der Waals surface area contributed by atoms with Crippen LogP contribution in [0.2, 0.25) is 0 Å². The zero-order valence-electron chi connectivity index (χ0n) is 11.1. The second-order valence-corrected chi connectivity index (χ2v) is 4.80. The van der Waals surface area contributed by atoms with Crippen LogP contribution < -0.4 is 5.32 Å². The lowest BCUT2D eigenvalue weighted by atomic mass is 9.80. The van der Waals surface area contributed by atoms with Crippen molar-refractivity contribution < 1.29 is 9.53 Å². The molecule has 1 N–H and O–H groups in total. The Hall–Kier alpha value is -1.94. The molecule has 0 aromatic carbocycles. The first-order valence-electron chi connectivity index (χ1n) is 6.23. The van der Waals surface area contributed by atoms with Crippen LogP contribution in [0.25, 0.3) is 0 Å². The Balaban J connectivity index is 2.08. The molecule has 1 aliphatic rings. The molecule has 1 unspecified atom stereocenters. The van der Waals surface area contributed by atoms with E-state index >= 15 is 0 Å². The van der Waals surface area contributed by atoms with Crippen LogP contribution in [0.5, 0.6) is 0 Å². The Morgan fingerprint density at radius 3 is 2.84 bits per heavy atom. The number of carbonyl (C=O) groups excluding carboxylic acids is 1. The average Bonchev–Trinajstić information content (AvgIpc) is 2.85. The molecule has 0 radical (unpaired) electrons. The summed E-state index contributed by atoms with van der Waals surface area (Å²) >= 11 is 0. The van der Waals surface area contributed by atoms with E-state index in [0.29, 0.717) is 31.9 Å². The van der Waals surface area contributed by atoms with E-state index in [4.69, 9.17) is 4.74 Å². The number of aromatic nitrogens is 3. The molecule has 0 spiro atoms. The van der Waals surface area contributed by atoms with Gasteiger partial charge in [-0.25, -0.2) is 0 Å². The van der Waals surface area contributed by atoms with Crippen LogP contribution in [0.4, 0.5) is 0 Å². The van der Waals surface area contributed by atoms with Gasteiger partial charge in [-0.05, 0) is 19.8 Å². The van der Waals surface area contributed by atoms with Crippen molar-refractivity contribution in [3.05, 3.63) is 12.2 Å². The van der Waals surface area contributed by atoms with E-state index in [2.05, 4.69) is 21.6 Å². The number of carbonyl (C=O) groups is 1. The van der Waals surface area contributed by atoms with Gasteiger partial charge in [0.25, 0.3) is 0 Å². The molecule has 0 saturated carbocycles. The van der Waals surface area contributed by atoms with Gasteiger partial charge in [-0.1, -0.05) is 0 Å². The molecule has 7 heteroatoms. The quantitative estimate of drug-likeness (QED) is 0.847. The van der Waals surface area contributed by atoms with Gasteiger partial charge in [-0.3, -0.25) is 4.79 Å². The number of hydrogen-bond acceptors (Lipinski definition) is 5. The van der Waals surface area contributed by atoms with Crippen LogP contribution in [0.15, 0.2) is 6.33 Å². The number of amides is 1. The summed E-state index contributed by atoms with van der Waals surface area (Å²) in [5.74, 6) is 0.405. The minimum Gasteiger partial charge on any atom is -0.381 e. The monoisotopic (exact) mass is 263 g/mol. The third-order valence-corrected chi connectivity index (χ3v) is 3.48. The van der Waals surface area contributed by atoms with Gasteiger partial charge in [0.1, 0.15) is 11.7 Å². The van der Waals surface area contributed by atoms with Gasteiger partial charge in [-0.15, -0.1) is 10.2 Å². The van der Waals surface area contributed by atoms with E-state index in [9.17, 15) is 10.1 Å². The molecular formula is C12H17N5O2. The lowest BCUT2D eigenvalue weighted by molar-refractivity contribution is -0.133. The van der Waals surface area contributed by atoms with Gasteiger partial charge in [0.05, 0.1) is 12.1 Å². The number of rotatable bonds is 3. The molecule has 2 heterocycles. The maximum absolute atomic E-state index is 12.3. The molecule has 1 fully saturated rings. The van der Waals surface area contributed by atoms with Crippen LogP contribution in [0, 0.1) is 16.7 Å². The zero-order chi connectivity index (χ0) is 13.9. The Labute approximate surface area is 111 Å². The molecule has 7 nitrogen and oxygen atoms in total. The van der Waals surface area contributed by atoms with Crippen molar-refractivity contribution in [2.24, 2.45) is 12.5 Å². The van der Waals surface area contributed by atoms with Crippen LogP contribution in [0.3, 0.4) is 0 Å². The van der Waals surface area contributed by atoms with Crippen LogP contribution in [-0.2, 0) is 16.6 Å². The fraction of sp³-hybridized carbons (Fsp3) is 0.667. The summed E-state index contributed by atoms with van der Waals surface area (Å²) in [5.41, 5.74) is -0.981. The number of hydrogen-bond donors (Lipinski definition) is 1. The molecule has 2 rings (SSSR count). The highest BCUT2D eigenvalue weighted by Gasteiger charge is 2.41. The Kier molecular flexibility index (Phi) is 3.81. The van der Waals surface area contributed by atoms with E-state index in [-0.39, 0.29) is 11.9 Å². The van der Waals surface area contributed by atoms with Crippen molar-refractivity contribution in [1.82, 2.24) is 20.1 Å². The van der Waals surface area contributed by atoms with Crippen LogP contribution in [0.1, 0.15) is 31.6 Å². The maximum atomic E-state index is 12.3. The number of nitrogens with zero attached hydrogens (tertiary/aromatic N) is 4. The average molecular weight is 263 g/mol. The van der Waals surface area contributed by atoms with Crippen molar-refractivity contribution in [1.29, 1.82) is 5.26 Å². The lowest BCUT2D eigenvalue weighted by Gasteiger charge is -2.30. The molecule has 0 aliphatic carbocycles. The normalized spacial score (nSPS) is 19.4. The van der Waals surface area contributed by atoms with Crippen LogP contribution >= 0.6 is 0 Å². The molecular weight excluding hydrogens is 246 g/mol. The van der Waals surface area contributed by atoms with Gasteiger partial charge < -0.3 is 14.6 Å². The predicted octanol–water partition coefficient (Wildman–Crippen LogP) is 0.313. The zero-order valence-corrected chi connectivity index (χ0v) is 11.1. The van der Waals surface area contributed by atoms with E-state index in [1.54, 1.807) is 10.9 Å². The first-order valence-corrected chi connectivity index (χ1v) is 6.23. The summed E-state index contributed by atoms with van der Waals surface area (Å²) in [6, 6.07) is 1.86. The van der Waals surface area contributed by atoms with E-state index < -0.39 is 5.41 Å². The fourth-order valence-corrected chi connectivity index (χ4v) is 2.19. The molecule has 1 aromatic rings. The van der Waals surface area contributed by atoms with Crippen molar-refractivity contribution in [3.63, 3.8) is 0 Å². The second kappa shape index (κ2) is 5.36. The molecule has 1 saturated heterocycles. The smallest absolute Gasteiger partial charge is 0.241 e. The lowest BCUT2D eigenvalue weighted by Crippen LogP contribution is -2.44. The molecule has 1 aliphatic heterocycles. The SMILES string of the molecule is CC(NC(=O)C1(C#N)CCOCC1)c1nncn1C. The van der Waals surface area contributed by atoms with Crippen LogP contribution in [-0.4, -0.2) is 33.9 Å². The summed E-state index contributed by atoms with van der Waals surface area (Å²) < 4.78 is 6.96. The highest BCUT2D eigenvalue weighted by atomic mass is 16.5. The molecule has 102 valence electrons. The molecule has 1 atom stereocenters. The highest BCUT2D eigenvalue weighted by molar-refractivity contribution is 5.85. The topological polar surface area (TPSA) is 92.8 Å². The summed E-state index contributed by atoms with van der Waals surface area (Å²) in [6.45, 7) is 2.71. The number of aryl methyl sites for hydroxylation is 1. The Morgan fingerprint density at radius 2 is 2.32 bits per heavy atom. The summed E-state index contributed by atoms with van der Waals surface area (Å²) in [7, 11) is 1.81. The van der Waals surface area contributed by atoms with Crippen molar-refractivity contribution in [2.45, 2.75) is 25.8 Å². The summed E-state index contributed by atoms with van der Waals surface area (Å²) in [4.78, 5) is 12.3. The Bertz CT molecular complexity index is 498. The molecule has 1 amide bonds. The fourth-order valence-electron chi connectivity index (χ4n) is 2.19. The van der Waals surface area contributed by atoms with E-state index in [1.165, 1.54) is 0 Å². The molecule has 19 heavy (non-hydrogen) atoms. The number of nitrogens with one attached hydrogen (secondary N) is 1. The minimum absolute atomic E-state index is 0.256. The predicted molar refractivity (Wildman–Crippen MR) is 65.7 cm³/mol. The summed E-state index contributed by atoms with van der Waals surface area (Å²) in [6.07, 6.45) is 2.44. The first kappa shape index (κ1) is 13.5. The third-order valence-electron chi connectivity index (χ3n) is 3.48. The van der Waals surface area contributed by atoms with Gasteiger partial charge in [-0.2, -0.15) is 5.26 Å². The summed E-state index contributed by atoms with van der Waals surface area (Å²) in [5, 5.41) is 19.9. The second-order valence-electron chi connectivity index (χ2n) is 4.80. The standard InChI is InChI=1S/C12H17N5O2/c1-9(10-16-14-8-17(10)2)15-11(18)12(7-13)3-5-19-6-4-12/h8-9H,3-6H2,1-2H3,(H,15,18). The highest BCUT2D eigenvalue weighted by Crippen LogP contribution is 2.30. The first-order chi connectivity index (χ1) is 9.09. The number of nitriles is 1. The van der Waals surface area contributed by atoms with E-state index in [1.807, 2.05) is 14.0 Å². The number of ether oxygens (including phenoxy) is 1. The van der Waals surface area contributed by atoms with Gasteiger partial charge in [0.15, 0.2) is 5.82 Å². The van der Waals surface area contributed by atoms with Gasteiger partial charge in [0.2, 0.25) is 5.91 Å². The molecule has 0 bridgehead atoms. The van der Waals surface area contributed by atoms with Crippen molar-refractivity contribution in [3.8, 4) is 6.07 Å². The molecule has 1 aromatic heterocycles. The third kappa shape index (κ3) is 2.58.